The summed E-state index contributed by atoms with van der Waals surface area (Å²) in [4.78, 5) is 6.97. The zero-order chi connectivity index (χ0) is 18.3. The molecule has 0 fully saturated rings. The van der Waals surface area contributed by atoms with Gasteiger partial charge in [0.25, 0.3) is 0 Å². The van der Waals surface area contributed by atoms with Crippen molar-refractivity contribution < 1.29 is 9.47 Å². The summed E-state index contributed by atoms with van der Waals surface area (Å²) in [7, 11) is 2.12. The summed E-state index contributed by atoms with van der Waals surface area (Å²) in [6, 6.07) is 8.46. The summed E-state index contributed by atoms with van der Waals surface area (Å²) in [5.74, 6) is 1.66. The summed E-state index contributed by atoms with van der Waals surface area (Å²) >= 11 is 0. The third-order valence-corrected chi connectivity index (χ3v) is 4.98. The van der Waals surface area contributed by atoms with E-state index < -0.39 is 0 Å². The number of aryl methyl sites for hydroxylation is 2. The molecule has 0 amide bonds. The molecule has 4 rings (SSSR count). The van der Waals surface area contributed by atoms with Gasteiger partial charge in [0.15, 0.2) is 17.1 Å². The van der Waals surface area contributed by atoms with Gasteiger partial charge >= 0.3 is 0 Å². The Morgan fingerprint density at radius 3 is 2.73 bits per heavy atom. The van der Waals surface area contributed by atoms with Gasteiger partial charge in [-0.25, -0.2) is 9.50 Å². The van der Waals surface area contributed by atoms with Crippen molar-refractivity contribution in [2.24, 2.45) is 0 Å². The van der Waals surface area contributed by atoms with Gasteiger partial charge in [0.1, 0.15) is 13.2 Å². The van der Waals surface area contributed by atoms with Gasteiger partial charge in [-0.3, -0.25) is 4.90 Å². The van der Waals surface area contributed by atoms with E-state index >= 15 is 0 Å². The second kappa shape index (κ2) is 6.61. The Kier molecular flexibility index (Phi) is 4.28. The van der Waals surface area contributed by atoms with Gasteiger partial charge in [0.2, 0.25) is 0 Å². The molecule has 0 unspecified atom stereocenters. The minimum atomic E-state index is 0.228. The third kappa shape index (κ3) is 3.01. The van der Waals surface area contributed by atoms with E-state index in [1.807, 2.05) is 29.8 Å². The average molecular weight is 352 g/mol. The van der Waals surface area contributed by atoms with Crippen LogP contribution in [0.15, 0.2) is 30.5 Å². The highest BCUT2D eigenvalue weighted by atomic mass is 16.6. The minimum Gasteiger partial charge on any atom is -0.486 e. The fraction of sp³-hybridized carbons (Fsp3) is 0.400. The second-order valence-electron chi connectivity index (χ2n) is 6.94. The Hall–Kier alpha value is -2.60. The molecule has 6 nitrogen and oxygen atoms in total. The molecule has 136 valence electrons. The Morgan fingerprint density at radius 1 is 1.15 bits per heavy atom. The molecule has 1 aliphatic rings. The van der Waals surface area contributed by atoms with Crippen LogP contribution in [0, 0.1) is 13.8 Å². The van der Waals surface area contributed by atoms with E-state index in [9.17, 15) is 0 Å². The van der Waals surface area contributed by atoms with Crippen LogP contribution >= 0.6 is 0 Å². The van der Waals surface area contributed by atoms with Crippen LogP contribution in [0.1, 0.15) is 35.5 Å². The van der Waals surface area contributed by atoms with Crippen LogP contribution < -0.4 is 9.47 Å². The number of hydrogen-bond donors (Lipinski definition) is 0. The summed E-state index contributed by atoms with van der Waals surface area (Å²) in [5.41, 5.74) is 5.38. The van der Waals surface area contributed by atoms with Crippen LogP contribution in [0.2, 0.25) is 0 Å². The van der Waals surface area contributed by atoms with E-state index in [4.69, 9.17) is 9.47 Å². The van der Waals surface area contributed by atoms with Gasteiger partial charge < -0.3 is 9.47 Å². The van der Waals surface area contributed by atoms with Crippen LogP contribution in [-0.4, -0.2) is 39.8 Å². The largest absolute Gasteiger partial charge is 0.486 e. The van der Waals surface area contributed by atoms with E-state index in [2.05, 4.69) is 48.0 Å². The van der Waals surface area contributed by atoms with Gasteiger partial charge in [-0.05, 0) is 51.6 Å². The van der Waals surface area contributed by atoms with E-state index in [1.165, 1.54) is 5.56 Å². The highest BCUT2D eigenvalue weighted by Gasteiger charge is 2.19. The first-order chi connectivity index (χ1) is 12.5. The summed E-state index contributed by atoms with van der Waals surface area (Å²) in [5, 5.41) is 4.49. The first-order valence-corrected chi connectivity index (χ1v) is 8.93. The lowest BCUT2D eigenvalue weighted by Gasteiger charge is -2.26. The highest BCUT2D eigenvalue weighted by molar-refractivity contribution is 5.48. The molecule has 1 atom stereocenters. The average Bonchev–Trinajstić information content (AvgIpc) is 3.03. The first-order valence-electron chi connectivity index (χ1n) is 8.93. The van der Waals surface area contributed by atoms with E-state index in [0.29, 0.717) is 13.2 Å². The quantitative estimate of drug-likeness (QED) is 0.721. The molecule has 3 aromatic rings. The zero-order valence-corrected chi connectivity index (χ0v) is 15.7. The number of fused-ring (bicyclic) bond motifs is 2. The maximum absolute atomic E-state index is 5.72. The predicted molar refractivity (Wildman–Crippen MR) is 99.8 cm³/mol. The molecule has 0 saturated carbocycles. The smallest absolute Gasteiger partial charge is 0.161 e. The van der Waals surface area contributed by atoms with Crippen molar-refractivity contribution in [2.75, 3.05) is 20.3 Å². The van der Waals surface area contributed by atoms with Crippen molar-refractivity contribution in [3.63, 3.8) is 0 Å². The monoisotopic (exact) mass is 352 g/mol. The molecule has 0 N–H and O–H groups in total. The molecule has 6 heteroatoms. The van der Waals surface area contributed by atoms with Crippen LogP contribution in [0.3, 0.4) is 0 Å². The summed E-state index contributed by atoms with van der Waals surface area (Å²) in [6.45, 7) is 8.26. The maximum atomic E-state index is 5.72. The Labute approximate surface area is 153 Å². The summed E-state index contributed by atoms with van der Waals surface area (Å²) in [6.07, 6.45) is 1.92. The predicted octanol–water partition coefficient (Wildman–Crippen LogP) is 3.31. The Morgan fingerprint density at radius 2 is 1.92 bits per heavy atom. The molecule has 0 spiro atoms. The number of nitrogens with zero attached hydrogens (tertiary/aromatic N) is 4. The van der Waals surface area contributed by atoms with Gasteiger partial charge in [0, 0.05) is 29.5 Å². The molecule has 0 bridgehead atoms. The minimum absolute atomic E-state index is 0.228. The number of rotatable bonds is 4. The SMILES string of the molecule is Cc1cc(C)n2ncc(CN(C)[C@H](C)c3ccc4c(c3)OCCO4)c2n1. The van der Waals surface area contributed by atoms with Gasteiger partial charge in [-0.15, -0.1) is 0 Å². The number of aromatic nitrogens is 3. The fourth-order valence-corrected chi connectivity index (χ4v) is 3.41. The molecular formula is C20H24N4O2. The van der Waals surface area contributed by atoms with Crippen molar-refractivity contribution in [3.8, 4) is 11.5 Å². The van der Waals surface area contributed by atoms with Crippen molar-refractivity contribution in [1.82, 2.24) is 19.5 Å². The lowest BCUT2D eigenvalue weighted by molar-refractivity contribution is 0.170. The van der Waals surface area contributed by atoms with Crippen molar-refractivity contribution in [2.45, 2.75) is 33.4 Å². The maximum Gasteiger partial charge on any atom is 0.161 e. The van der Waals surface area contributed by atoms with E-state index in [-0.39, 0.29) is 6.04 Å². The van der Waals surface area contributed by atoms with Gasteiger partial charge in [-0.1, -0.05) is 6.07 Å². The normalized spacial score (nSPS) is 14.8. The van der Waals surface area contributed by atoms with Crippen molar-refractivity contribution in [1.29, 1.82) is 0 Å². The number of benzene rings is 1. The number of hydrogen-bond acceptors (Lipinski definition) is 5. The third-order valence-electron chi connectivity index (χ3n) is 4.98. The fourth-order valence-electron chi connectivity index (χ4n) is 3.41. The lowest BCUT2D eigenvalue weighted by atomic mass is 10.1. The van der Waals surface area contributed by atoms with Crippen molar-refractivity contribution in [3.05, 3.63) is 53.0 Å². The Bertz CT molecular complexity index is 950. The van der Waals surface area contributed by atoms with E-state index in [0.717, 1.165) is 40.6 Å². The molecule has 0 aliphatic carbocycles. The van der Waals surface area contributed by atoms with Crippen LogP contribution in [0.25, 0.3) is 5.65 Å². The molecule has 0 saturated heterocycles. The molecule has 26 heavy (non-hydrogen) atoms. The van der Waals surface area contributed by atoms with Crippen molar-refractivity contribution >= 4 is 5.65 Å². The highest BCUT2D eigenvalue weighted by Crippen LogP contribution is 2.34. The summed E-state index contributed by atoms with van der Waals surface area (Å²) < 4.78 is 13.2. The topological polar surface area (TPSA) is 51.9 Å². The molecule has 2 aromatic heterocycles. The molecule has 1 aromatic carbocycles. The van der Waals surface area contributed by atoms with Gasteiger partial charge in [0.05, 0.1) is 6.20 Å². The number of ether oxygens (including phenoxy) is 2. The van der Waals surface area contributed by atoms with Gasteiger partial charge in [-0.2, -0.15) is 5.10 Å². The second-order valence-corrected chi connectivity index (χ2v) is 6.94. The Balaban J connectivity index is 1.57. The molecule has 1 aliphatic heterocycles. The lowest BCUT2D eigenvalue weighted by Crippen LogP contribution is -2.22. The molecule has 3 heterocycles. The first kappa shape index (κ1) is 16.8. The van der Waals surface area contributed by atoms with Crippen LogP contribution in [-0.2, 0) is 6.54 Å². The van der Waals surface area contributed by atoms with Crippen LogP contribution in [0.4, 0.5) is 0 Å². The standard InChI is InChI=1S/C20H24N4O2/c1-13-9-14(2)24-20(22-13)17(11-21-24)12-23(4)15(3)16-5-6-18-19(10-16)26-8-7-25-18/h5-6,9-11,15H,7-8,12H2,1-4H3/t15-/m1/s1. The zero-order valence-electron chi connectivity index (χ0n) is 15.7. The van der Waals surface area contributed by atoms with Crippen LogP contribution in [0.5, 0.6) is 11.5 Å². The molecule has 0 radical (unpaired) electrons. The molecular weight excluding hydrogens is 328 g/mol. The van der Waals surface area contributed by atoms with E-state index in [1.54, 1.807) is 0 Å².